The second-order valence-corrected chi connectivity index (χ2v) is 28.8. The topological polar surface area (TPSA) is 34.1 Å². The van der Waals surface area contributed by atoms with E-state index in [9.17, 15) is 8.42 Å². The lowest BCUT2D eigenvalue weighted by atomic mass is 10.2. The lowest BCUT2D eigenvalue weighted by Gasteiger charge is -2.16. The predicted molar refractivity (Wildman–Crippen MR) is 146 cm³/mol. The minimum atomic E-state index is -3.43. The third-order valence-electron chi connectivity index (χ3n) is 2.90. The van der Waals surface area contributed by atoms with Crippen molar-refractivity contribution in [1.82, 2.24) is 0 Å². The van der Waals surface area contributed by atoms with Gasteiger partial charge in [-0.1, -0.05) is 138 Å². The standard InChI is InChI=1S/C8H4Br6.C7H5Br3O2S/c9-7(10,11)5-1-2-6(4-3-5)8(12,13)14;8-7(9,10)13(11,12)6-4-2-1-3-5-6/h1-4H;1-5H. The highest BCUT2D eigenvalue weighted by atomic mass is 80.0. The molecule has 0 atom stereocenters. The molecule has 0 aromatic heterocycles. The molecule has 0 saturated heterocycles. The van der Waals surface area contributed by atoms with Crippen LogP contribution in [-0.4, -0.2) is 9.89 Å². The molecule has 0 fully saturated rings. The Bertz CT molecular complexity index is 801. The Morgan fingerprint density at radius 1 is 0.556 bits per heavy atom. The second-order valence-electron chi connectivity index (χ2n) is 4.84. The first-order valence-electron chi connectivity index (χ1n) is 6.67. The van der Waals surface area contributed by atoms with Gasteiger partial charge < -0.3 is 0 Å². The molecule has 0 saturated carbocycles. The maximum atomic E-state index is 11.7. The zero-order chi connectivity index (χ0) is 21.1. The van der Waals surface area contributed by atoms with Crippen LogP contribution in [0.1, 0.15) is 11.1 Å². The summed E-state index contributed by atoms with van der Waals surface area (Å²) in [6.45, 7) is 0. The van der Waals surface area contributed by atoms with E-state index in [0.29, 0.717) is 0 Å². The summed E-state index contributed by atoms with van der Waals surface area (Å²) >= 11 is 29.7. The third-order valence-corrected chi connectivity index (χ3v) is 11.0. The molecule has 2 aromatic carbocycles. The van der Waals surface area contributed by atoms with Crippen molar-refractivity contribution in [3.05, 3.63) is 65.7 Å². The summed E-state index contributed by atoms with van der Waals surface area (Å²) in [4.78, 5) is 0.251. The fraction of sp³-hybridized carbons (Fsp3) is 0.200. The lowest BCUT2D eigenvalue weighted by molar-refractivity contribution is 0.599. The fourth-order valence-corrected chi connectivity index (χ4v) is 5.63. The van der Waals surface area contributed by atoms with E-state index in [-0.39, 0.29) is 9.18 Å². The Hall–Kier alpha value is 2.71. The number of benzene rings is 2. The van der Waals surface area contributed by atoms with Gasteiger partial charge in [0.1, 0.15) is 0 Å². The Morgan fingerprint density at radius 3 is 1.15 bits per heavy atom. The van der Waals surface area contributed by atoms with Crippen molar-refractivity contribution in [2.75, 3.05) is 0 Å². The maximum absolute atomic E-state index is 11.7. The van der Waals surface area contributed by atoms with Crippen LogP contribution in [0.2, 0.25) is 0 Å². The number of alkyl halides is 9. The van der Waals surface area contributed by atoms with Crippen molar-refractivity contribution >= 4 is 153 Å². The molecule has 0 radical (unpaired) electrons. The van der Waals surface area contributed by atoms with Crippen molar-refractivity contribution in [3.8, 4) is 0 Å². The molecule has 0 spiro atoms. The first-order chi connectivity index (χ1) is 12.1. The molecule has 0 N–H and O–H groups in total. The zero-order valence-corrected chi connectivity index (χ0v) is 27.9. The molecule has 2 rings (SSSR count). The molecule has 0 heterocycles. The smallest absolute Gasteiger partial charge is 0.220 e. The minimum Gasteiger partial charge on any atom is -0.220 e. The van der Waals surface area contributed by atoms with Crippen molar-refractivity contribution in [2.45, 2.75) is 10.7 Å². The Morgan fingerprint density at radius 2 is 0.889 bits per heavy atom. The van der Waals surface area contributed by atoms with Crippen LogP contribution in [0, 0.1) is 0 Å². The summed E-state index contributed by atoms with van der Waals surface area (Å²) in [6, 6.07) is 16.3. The third kappa shape index (κ3) is 9.00. The van der Waals surface area contributed by atoms with E-state index in [1.807, 2.05) is 24.3 Å². The molecule has 150 valence electrons. The average Bonchev–Trinajstić information content (AvgIpc) is 2.54. The predicted octanol–water partition coefficient (Wildman–Crippen LogP) is 9.53. The van der Waals surface area contributed by atoms with Crippen LogP contribution in [0.25, 0.3) is 0 Å². The Balaban J connectivity index is 0.000000271. The first-order valence-corrected chi connectivity index (χ1v) is 15.3. The average molecular weight is 972 g/mol. The zero-order valence-electron chi connectivity index (χ0n) is 12.8. The lowest BCUT2D eigenvalue weighted by Crippen LogP contribution is -2.17. The number of halogens is 9. The van der Waals surface area contributed by atoms with Crippen LogP contribution in [0.15, 0.2) is 59.5 Å². The summed E-state index contributed by atoms with van der Waals surface area (Å²) in [7, 11) is -3.43. The summed E-state index contributed by atoms with van der Waals surface area (Å²) in [5, 5.41) is 0. The number of hydrogen-bond donors (Lipinski definition) is 0. The molecule has 0 aliphatic carbocycles. The SMILES string of the molecule is BrC(Br)(Br)c1ccc(C(Br)(Br)Br)cc1.O=S(=O)(c1ccccc1)C(Br)(Br)Br. The highest BCUT2D eigenvalue weighted by Crippen LogP contribution is 2.47. The van der Waals surface area contributed by atoms with E-state index in [1.165, 1.54) is 12.1 Å². The number of sulfone groups is 1. The van der Waals surface area contributed by atoms with Gasteiger partial charge in [-0.25, -0.2) is 8.42 Å². The van der Waals surface area contributed by atoms with Gasteiger partial charge in [0.15, 0.2) is 4.29 Å². The van der Waals surface area contributed by atoms with Gasteiger partial charge in [-0.05, 0) is 71.0 Å². The summed E-state index contributed by atoms with van der Waals surface area (Å²) in [5.74, 6) is 0. The summed E-state index contributed by atoms with van der Waals surface area (Å²) < 4.78 is 21.4. The van der Waals surface area contributed by atoms with Crippen LogP contribution in [0.4, 0.5) is 0 Å². The van der Waals surface area contributed by atoms with Gasteiger partial charge in [0.05, 0.1) is 4.90 Å². The van der Waals surface area contributed by atoms with E-state index in [1.54, 1.807) is 18.2 Å². The van der Waals surface area contributed by atoms with Gasteiger partial charge in [-0.3, -0.25) is 0 Å². The van der Waals surface area contributed by atoms with E-state index in [2.05, 4.69) is 143 Å². The Kier molecular flexibility index (Phi) is 11.3. The van der Waals surface area contributed by atoms with Gasteiger partial charge in [-0.2, -0.15) is 0 Å². The second kappa shape index (κ2) is 11.0. The molecule has 2 aromatic rings. The van der Waals surface area contributed by atoms with Gasteiger partial charge in [0.2, 0.25) is 11.3 Å². The van der Waals surface area contributed by atoms with Crippen molar-refractivity contribution in [1.29, 1.82) is 0 Å². The van der Waals surface area contributed by atoms with Crippen molar-refractivity contribution < 1.29 is 8.42 Å². The normalized spacial score (nSPS) is 12.9. The largest absolute Gasteiger partial charge is 0.239 e. The van der Waals surface area contributed by atoms with E-state index in [0.717, 1.165) is 11.1 Å². The van der Waals surface area contributed by atoms with Crippen LogP contribution in [-0.2, 0) is 14.1 Å². The number of hydrogen-bond acceptors (Lipinski definition) is 2. The van der Waals surface area contributed by atoms with E-state index >= 15 is 0 Å². The first kappa shape index (κ1) is 27.7. The molecule has 27 heavy (non-hydrogen) atoms. The molecular formula is C15H9Br9O2S. The highest BCUT2D eigenvalue weighted by Gasteiger charge is 2.37. The van der Waals surface area contributed by atoms with Crippen LogP contribution in [0.3, 0.4) is 0 Å². The quantitative estimate of drug-likeness (QED) is 0.267. The molecule has 0 aliphatic rings. The summed E-state index contributed by atoms with van der Waals surface area (Å²) in [6.07, 6.45) is 0. The van der Waals surface area contributed by atoms with Gasteiger partial charge in [0.25, 0.3) is 0 Å². The van der Waals surface area contributed by atoms with E-state index in [4.69, 9.17) is 0 Å². The van der Waals surface area contributed by atoms with E-state index < -0.39 is 11.3 Å². The Labute approximate surface area is 234 Å². The van der Waals surface area contributed by atoms with Gasteiger partial charge in [0, 0.05) is 0 Å². The van der Waals surface area contributed by atoms with Crippen LogP contribution in [0.5, 0.6) is 0 Å². The molecule has 0 aliphatic heterocycles. The minimum absolute atomic E-state index is 0.251. The summed E-state index contributed by atoms with van der Waals surface area (Å²) in [5.41, 5.74) is 2.19. The molecule has 12 heteroatoms. The maximum Gasteiger partial charge on any atom is 0.239 e. The van der Waals surface area contributed by atoms with Crippen molar-refractivity contribution in [3.63, 3.8) is 0 Å². The van der Waals surface area contributed by atoms with Crippen LogP contribution >= 0.6 is 143 Å². The van der Waals surface area contributed by atoms with Crippen LogP contribution < -0.4 is 0 Å². The van der Waals surface area contributed by atoms with Crippen molar-refractivity contribution in [2.24, 2.45) is 0 Å². The van der Waals surface area contributed by atoms with Gasteiger partial charge >= 0.3 is 0 Å². The number of rotatable bonds is 1. The molecule has 0 amide bonds. The molecule has 2 nitrogen and oxygen atoms in total. The fourth-order valence-electron chi connectivity index (χ4n) is 1.58. The molecule has 0 bridgehead atoms. The highest BCUT2D eigenvalue weighted by molar-refractivity contribution is 9.42. The molecule has 0 unspecified atom stereocenters. The monoisotopic (exact) mass is 963 g/mol. The van der Waals surface area contributed by atoms with Gasteiger partial charge in [-0.15, -0.1) is 0 Å². The molecular weight excluding hydrogens is 963 g/mol.